The Balaban J connectivity index is 1.28. The summed E-state index contributed by atoms with van der Waals surface area (Å²) in [6.45, 7) is 2.74. The summed E-state index contributed by atoms with van der Waals surface area (Å²) in [4.78, 5) is 23.8. The van der Waals surface area contributed by atoms with Crippen molar-refractivity contribution in [3.05, 3.63) is 52.4 Å². The zero-order valence-corrected chi connectivity index (χ0v) is 17.2. The second-order valence-electron chi connectivity index (χ2n) is 8.80. The van der Waals surface area contributed by atoms with Gasteiger partial charge in [-0.1, -0.05) is 12.1 Å². The molecule has 6 rings (SSSR count). The smallest absolute Gasteiger partial charge is 0.256 e. The van der Waals surface area contributed by atoms with Gasteiger partial charge in [0.1, 0.15) is 11.5 Å². The minimum atomic E-state index is 0.0838. The van der Waals surface area contributed by atoms with Crippen LogP contribution in [0.2, 0.25) is 0 Å². The molecule has 1 N–H and O–H groups in total. The maximum atomic E-state index is 13.5. The fourth-order valence-corrected chi connectivity index (χ4v) is 5.29. The zero-order valence-electron chi connectivity index (χ0n) is 17.2. The Morgan fingerprint density at radius 1 is 1.13 bits per heavy atom. The first-order chi connectivity index (χ1) is 14.8. The van der Waals surface area contributed by atoms with E-state index in [1.807, 2.05) is 17.0 Å². The molecule has 6 nitrogen and oxygen atoms in total. The molecule has 1 aliphatic carbocycles. The number of hydrogen-bond donors (Lipinski definition) is 1. The van der Waals surface area contributed by atoms with Gasteiger partial charge in [-0.3, -0.25) is 4.79 Å². The number of para-hydroxylation sites is 1. The molecule has 3 aliphatic rings. The second kappa shape index (κ2) is 7.27. The summed E-state index contributed by atoms with van der Waals surface area (Å²) in [5, 5.41) is 1.22. The molecule has 156 valence electrons. The lowest BCUT2D eigenvalue weighted by Crippen LogP contribution is -2.36. The second-order valence-corrected chi connectivity index (χ2v) is 8.80. The number of amides is 1. The van der Waals surface area contributed by atoms with Crippen LogP contribution >= 0.6 is 0 Å². The van der Waals surface area contributed by atoms with Gasteiger partial charge in [0, 0.05) is 43.2 Å². The first kappa shape index (κ1) is 18.2. The van der Waals surface area contributed by atoms with Crippen LogP contribution in [0.25, 0.3) is 10.9 Å². The van der Waals surface area contributed by atoms with Crippen LogP contribution in [0.15, 0.2) is 22.6 Å². The summed E-state index contributed by atoms with van der Waals surface area (Å²) >= 11 is 0. The fraction of sp³-hybridized carbons (Fsp3) is 0.500. The van der Waals surface area contributed by atoms with Crippen molar-refractivity contribution in [3.8, 4) is 0 Å². The maximum absolute atomic E-state index is 13.5. The molecule has 1 fully saturated rings. The SMILES string of the molecule is O=C(c1cccc2c3c([nH]c12)CCCC3)N1CCc2oc(C3CCOCC3)nc2C1. The summed E-state index contributed by atoms with van der Waals surface area (Å²) in [5.41, 5.74) is 5.43. The van der Waals surface area contributed by atoms with E-state index < -0.39 is 0 Å². The Hall–Kier alpha value is -2.60. The number of ether oxygens (including phenoxy) is 1. The van der Waals surface area contributed by atoms with Gasteiger partial charge < -0.3 is 19.0 Å². The molecule has 6 heteroatoms. The van der Waals surface area contributed by atoms with Crippen LogP contribution in [-0.2, 0) is 30.5 Å². The van der Waals surface area contributed by atoms with Crippen LogP contribution in [0.1, 0.15) is 70.6 Å². The lowest BCUT2D eigenvalue weighted by Gasteiger charge is -2.25. The quantitative estimate of drug-likeness (QED) is 0.696. The Morgan fingerprint density at radius 3 is 2.90 bits per heavy atom. The zero-order chi connectivity index (χ0) is 20.1. The number of aromatic amines is 1. The predicted molar refractivity (Wildman–Crippen MR) is 113 cm³/mol. The number of aryl methyl sites for hydroxylation is 2. The first-order valence-electron chi connectivity index (χ1n) is 11.3. The minimum absolute atomic E-state index is 0.0838. The van der Waals surface area contributed by atoms with Crippen LogP contribution in [0.5, 0.6) is 0 Å². The van der Waals surface area contributed by atoms with Crippen molar-refractivity contribution in [3.63, 3.8) is 0 Å². The Bertz CT molecular complexity index is 1110. The van der Waals surface area contributed by atoms with Crippen LogP contribution in [0.3, 0.4) is 0 Å². The minimum Gasteiger partial charge on any atom is -0.445 e. The highest BCUT2D eigenvalue weighted by Gasteiger charge is 2.30. The van der Waals surface area contributed by atoms with Crippen molar-refractivity contribution in [1.29, 1.82) is 0 Å². The van der Waals surface area contributed by atoms with E-state index in [0.29, 0.717) is 19.0 Å². The van der Waals surface area contributed by atoms with Gasteiger partial charge in [-0.15, -0.1) is 0 Å². The number of hydrogen-bond acceptors (Lipinski definition) is 4. The van der Waals surface area contributed by atoms with Crippen molar-refractivity contribution < 1.29 is 13.9 Å². The van der Waals surface area contributed by atoms with E-state index in [1.54, 1.807) is 0 Å². The van der Waals surface area contributed by atoms with E-state index >= 15 is 0 Å². The number of fused-ring (bicyclic) bond motifs is 4. The molecule has 0 unspecified atom stereocenters. The van der Waals surface area contributed by atoms with E-state index in [2.05, 4.69) is 11.1 Å². The number of H-pyrrole nitrogens is 1. The first-order valence-corrected chi connectivity index (χ1v) is 11.3. The van der Waals surface area contributed by atoms with Crippen molar-refractivity contribution in [2.75, 3.05) is 19.8 Å². The third-order valence-corrected chi connectivity index (χ3v) is 6.97. The average molecular weight is 405 g/mol. The normalized spacial score (nSPS) is 19.7. The number of nitrogens with one attached hydrogen (secondary N) is 1. The Morgan fingerprint density at radius 2 is 2.00 bits per heavy atom. The molecule has 3 aromatic rings. The van der Waals surface area contributed by atoms with Gasteiger partial charge in [-0.2, -0.15) is 0 Å². The fourth-order valence-electron chi connectivity index (χ4n) is 5.29. The van der Waals surface area contributed by atoms with Gasteiger partial charge in [0.05, 0.1) is 17.6 Å². The third-order valence-electron chi connectivity index (χ3n) is 6.97. The van der Waals surface area contributed by atoms with E-state index in [9.17, 15) is 4.79 Å². The molecule has 0 saturated carbocycles. The van der Waals surface area contributed by atoms with Gasteiger partial charge in [-0.05, 0) is 50.2 Å². The molecule has 0 bridgehead atoms. The summed E-state index contributed by atoms with van der Waals surface area (Å²) in [5.74, 6) is 2.21. The molecule has 2 aromatic heterocycles. The van der Waals surface area contributed by atoms with Crippen LogP contribution in [-0.4, -0.2) is 40.5 Å². The monoisotopic (exact) mass is 405 g/mol. The molecule has 1 saturated heterocycles. The van der Waals surface area contributed by atoms with E-state index in [0.717, 1.165) is 73.7 Å². The van der Waals surface area contributed by atoms with Crippen LogP contribution < -0.4 is 0 Å². The number of aromatic nitrogens is 2. The lowest BCUT2D eigenvalue weighted by atomic mass is 9.95. The topological polar surface area (TPSA) is 71.4 Å². The maximum Gasteiger partial charge on any atom is 0.256 e. The highest BCUT2D eigenvalue weighted by atomic mass is 16.5. The molecule has 0 atom stereocenters. The van der Waals surface area contributed by atoms with Crippen LogP contribution in [0.4, 0.5) is 0 Å². The molecule has 0 radical (unpaired) electrons. The Labute approximate surface area is 175 Å². The molecule has 1 amide bonds. The molecular formula is C24H27N3O3. The number of carbonyl (C=O) groups excluding carboxylic acids is 1. The highest BCUT2D eigenvalue weighted by Crippen LogP contribution is 2.33. The summed E-state index contributed by atoms with van der Waals surface area (Å²) in [6.07, 6.45) is 7.29. The largest absolute Gasteiger partial charge is 0.445 e. The van der Waals surface area contributed by atoms with Crippen LogP contribution in [0, 0.1) is 0 Å². The van der Waals surface area contributed by atoms with Crippen molar-refractivity contribution >= 4 is 16.8 Å². The lowest BCUT2D eigenvalue weighted by molar-refractivity contribution is 0.0727. The summed E-state index contributed by atoms with van der Waals surface area (Å²) in [7, 11) is 0. The van der Waals surface area contributed by atoms with Gasteiger partial charge >= 0.3 is 0 Å². The molecule has 0 spiro atoms. The van der Waals surface area contributed by atoms with Crippen molar-refractivity contribution in [2.45, 2.75) is 57.4 Å². The van der Waals surface area contributed by atoms with E-state index in [-0.39, 0.29) is 5.91 Å². The Kier molecular flexibility index (Phi) is 4.41. The van der Waals surface area contributed by atoms with Gasteiger partial charge in [0.2, 0.25) is 0 Å². The number of carbonyl (C=O) groups is 1. The van der Waals surface area contributed by atoms with E-state index in [1.165, 1.54) is 29.5 Å². The number of nitrogens with zero attached hydrogens (tertiary/aromatic N) is 2. The van der Waals surface area contributed by atoms with Crippen molar-refractivity contribution in [2.24, 2.45) is 0 Å². The molecule has 1 aromatic carbocycles. The van der Waals surface area contributed by atoms with Crippen molar-refractivity contribution in [1.82, 2.24) is 14.9 Å². The van der Waals surface area contributed by atoms with Gasteiger partial charge in [0.15, 0.2) is 5.89 Å². The highest BCUT2D eigenvalue weighted by molar-refractivity contribution is 6.06. The number of oxazole rings is 1. The predicted octanol–water partition coefficient (Wildman–Crippen LogP) is 4.13. The summed E-state index contributed by atoms with van der Waals surface area (Å²) < 4.78 is 11.6. The average Bonchev–Trinajstić information content (AvgIpc) is 3.40. The summed E-state index contributed by atoms with van der Waals surface area (Å²) in [6, 6.07) is 6.13. The number of benzene rings is 1. The van der Waals surface area contributed by atoms with Gasteiger partial charge in [-0.25, -0.2) is 4.98 Å². The van der Waals surface area contributed by atoms with E-state index in [4.69, 9.17) is 14.1 Å². The number of rotatable bonds is 2. The standard InChI is InChI=1S/C24H27N3O3/c28-24(18-6-3-5-17-16-4-1-2-7-19(16)25-22(17)18)27-11-8-21-20(14-27)26-23(30-21)15-9-12-29-13-10-15/h3,5-6,15,25H,1-2,4,7-14H2. The molecule has 30 heavy (non-hydrogen) atoms. The third kappa shape index (κ3) is 2.97. The molecule has 4 heterocycles. The molecular weight excluding hydrogens is 378 g/mol. The van der Waals surface area contributed by atoms with Gasteiger partial charge in [0.25, 0.3) is 5.91 Å². The molecule has 2 aliphatic heterocycles.